The molecule has 0 aliphatic heterocycles. The molecule has 0 radical (unpaired) electrons. The van der Waals surface area contributed by atoms with Crippen LogP contribution in [0.25, 0.3) is 0 Å². The van der Waals surface area contributed by atoms with Crippen molar-refractivity contribution in [1.82, 2.24) is 5.43 Å². The molecule has 2 rings (SSSR count). The molecule has 0 saturated carbocycles. The lowest BCUT2D eigenvalue weighted by Gasteiger charge is -2.13. The molecule has 27 heavy (non-hydrogen) atoms. The molecule has 0 atom stereocenters. The summed E-state index contributed by atoms with van der Waals surface area (Å²) >= 11 is 0. The summed E-state index contributed by atoms with van der Waals surface area (Å²) in [5.41, 5.74) is 3.38. The highest BCUT2D eigenvalue weighted by atomic mass is 16.5. The SMILES string of the molecule is CCOc1cc(/C=N\NC(=O)c2cc(OC)c(OC)c(OC)c2)ccc1O. The van der Waals surface area contributed by atoms with E-state index < -0.39 is 5.91 Å². The average Bonchev–Trinajstić information content (AvgIpc) is 2.69. The van der Waals surface area contributed by atoms with Crippen LogP contribution < -0.4 is 24.4 Å². The molecule has 8 heteroatoms. The maximum Gasteiger partial charge on any atom is 0.271 e. The first-order chi connectivity index (χ1) is 13.0. The van der Waals surface area contributed by atoms with Gasteiger partial charge < -0.3 is 24.1 Å². The van der Waals surface area contributed by atoms with E-state index in [0.29, 0.717) is 40.7 Å². The Morgan fingerprint density at radius 2 is 1.74 bits per heavy atom. The Labute approximate surface area is 157 Å². The van der Waals surface area contributed by atoms with Crippen LogP contribution in [0.15, 0.2) is 35.4 Å². The first kappa shape index (κ1) is 19.9. The number of carbonyl (C=O) groups excluding carboxylic acids is 1. The van der Waals surface area contributed by atoms with Gasteiger partial charge in [0.15, 0.2) is 23.0 Å². The summed E-state index contributed by atoms with van der Waals surface area (Å²) in [7, 11) is 4.42. The molecule has 0 saturated heterocycles. The second-order valence-electron chi connectivity index (χ2n) is 5.27. The highest BCUT2D eigenvalue weighted by molar-refractivity contribution is 5.96. The number of ether oxygens (including phenoxy) is 4. The number of benzene rings is 2. The molecule has 144 valence electrons. The molecule has 0 fully saturated rings. The zero-order valence-corrected chi connectivity index (χ0v) is 15.6. The molecule has 1 amide bonds. The molecular formula is C19H22N2O6. The summed E-state index contributed by atoms with van der Waals surface area (Å²) in [6, 6.07) is 7.81. The van der Waals surface area contributed by atoms with Crippen LogP contribution >= 0.6 is 0 Å². The molecule has 0 aliphatic carbocycles. The Kier molecular flexibility index (Phi) is 6.87. The fourth-order valence-electron chi connectivity index (χ4n) is 2.32. The minimum atomic E-state index is -0.450. The minimum Gasteiger partial charge on any atom is -0.504 e. The van der Waals surface area contributed by atoms with Gasteiger partial charge in [0, 0.05) is 5.56 Å². The Morgan fingerprint density at radius 3 is 2.30 bits per heavy atom. The van der Waals surface area contributed by atoms with Crippen molar-refractivity contribution in [2.45, 2.75) is 6.92 Å². The highest BCUT2D eigenvalue weighted by Gasteiger charge is 2.16. The topological polar surface area (TPSA) is 98.6 Å². The summed E-state index contributed by atoms with van der Waals surface area (Å²) in [4.78, 5) is 12.4. The quantitative estimate of drug-likeness (QED) is 0.544. The number of phenols is 1. The predicted octanol–water partition coefficient (Wildman–Crippen LogP) is 2.58. The molecule has 2 aromatic carbocycles. The maximum atomic E-state index is 12.4. The van der Waals surface area contributed by atoms with Crippen molar-refractivity contribution in [1.29, 1.82) is 0 Å². The maximum absolute atomic E-state index is 12.4. The van der Waals surface area contributed by atoms with Crippen molar-refractivity contribution in [2.24, 2.45) is 5.10 Å². The van der Waals surface area contributed by atoms with E-state index >= 15 is 0 Å². The van der Waals surface area contributed by atoms with Crippen LogP contribution in [0.5, 0.6) is 28.7 Å². The Balaban J connectivity index is 2.16. The number of nitrogens with zero attached hydrogens (tertiary/aromatic N) is 1. The molecule has 2 aromatic rings. The van der Waals surface area contributed by atoms with Gasteiger partial charge in [-0.05, 0) is 42.8 Å². The number of amides is 1. The van der Waals surface area contributed by atoms with Crippen LogP contribution in [0.3, 0.4) is 0 Å². The van der Waals surface area contributed by atoms with Crippen molar-refractivity contribution >= 4 is 12.1 Å². The van der Waals surface area contributed by atoms with Crippen LogP contribution in [0.2, 0.25) is 0 Å². The molecular weight excluding hydrogens is 352 g/mol. The summed E-state index contributed by atoms with van der Waals surface area (Å²) in [6.45, 7) is 2.24. The molecule has 0 heterocycles. The number of hydrogen-bond donors (Lipinski definition) is 2. The number of hydrogen-bond acceptors (Lipinski definition) is 7. The van der Waals surface area contributed by atoms with Crippen LogP contribution in [0.1, 0.15) is 22.8 Å². The van der Waals surface area contributed by atoms with Crippen LogP contribution in [0.4, 0.5) is 0 Å². The molecule has 0 spiro atoms. The van der Waals surface area contributed by atoms with Gasteiger partial charge in [-0.15, -0.1) is 0 Å². The number of hydrazone groups is 1. The van der Waals surface area contributed by atoms with Gasteiger partial charge >= 0.3 is 0 Å². The zero-order chi connectivity index (χ0) is 19.8. The van der Waals surface area contributed by atoms with Gasteiger partial charge in [-0.3, -0.25) is 4.79 Å². The van der Waals surface area contributed by atoms with Gasteiger partial charge in [-0.1, -0.05) is 0 Å². The molecule has 2 N–H and O–H groups in total. The smallest absolute Gasteiger partial charge is 0.271 e. The normalized spacial score (nSPS) is 10.5. The molecule has 0 unspecified atom stereocenters. The third kappa shape index (κ3) is 4.81. The fourth-order valence-corrected chi connectivity index (χ4v) is 2.32. The lowest BCUT2D eigenvalue weighted by atomic mass is 10.1. The average molecular weight is 374 g/mol. The van der Waals surface area contributed by atoms with Crippen molar-refractivity contribution < 1.29 is 28.8 Å². The third-order valence-corrected chi connectivity index (χ3v) is 3.59. The first-order valence-corrected chi connectivity index (χ1v) is 8.13. The molecule has 8 nitrogen and oxygen atoms in total. The number of aromatic hydroxyl groups is 1. The number of carbonyl (C=O) groups is 1. The lowest BCUT2D eigenvalue weighted by molar-refractivity contribution is 0.0954. The van der Waals surface area contributed by atoms with E-state index in [0.717, 1.165) is 0 Å². The number of phenolic OH excluding ortho intramolecular Hbond substituents is 1. The minimum absolute atomic E-state index is 0.0375. The Morgan fingerprint density at radius 1 is 1.07 bits per heavy atom. The van der Waals surface area contributed by atoms with E-state index in [1.54, 1.807) is 12.1 Å². The van der Waals surface area contributed by atoms with E-state index in [4.69, 9.17) is 18.9 Å². The van der Waals surface area contributed by atoms with Crippen LogP contribution in [-0.4, -0.2) is 45.2 Å². The zero-order valence-electron chi connectivity index (χ0n) is 15.6. The standard InChI is InChI=1S/C19H22N2O6/c1-5-27-15-8-12(6-7-14(15)22)11-20-21-19(23)13-9-16(24-2)18(26-4)17(10-13)25-3/h6-11,22H,5H2,1-4H3,(H,21,23)/b20-11-. The number of rotatable bonds is 8. The largest absolute Gasteiger partial charge is 0.504 e. The van der Waals surface area contributed by atoms with Crippen LogP contribution in [-0.2, 0) is 0 Å². The second-order valence-corrected chi connectivity index (χ2v) is 5.27. The Hall–Kier alpha value is -3.42. The molecule has 0 bridgehead atoms. The van der Waals surface area contributed by atoms with Gasteiger partial charge in [0.1, 0.15) is 0 Å². The van der Waals surface area contributed by atoms with E-state index in [-0.39, 0.29) is 5.75 Å². The first-order valence-electron chi connectivity index (χ1n) is 8.13. The van der Waals surface area contributed by atoms with Crippen molar-refractivity contribution in [3.63, 3.8) is 0 Å². The highest BCUT2D eigenvalue weighted by Crippen LogP contribution is 2.38. The van der Waals surface area contributed by atoms with Gasteiger partial charge in [-0.2, -0.15) is 5.10 Å². The Bertz CT molecular complexity index is 810. The van der Waals surface area contributed by atoms with E-state index in [2.05, 4.69) is 10.5 Å². The monoisotopic (exact) mass is 374 g/mol. The van der Waals surface area contributed by atoms with Gasteiger partial charge in [0.25, 0.3) is 5.91 Å². The lowest BCUT2D eigenvalue weighted by Crippen LogP contribution is -2.18. The van der Waals surface area contributed by atoms with Gasteiger partial charge in [0.2, 0.25) is 5.75 Å². The van der Waals surface area contributed by atoms with Crippen molar-refractivity contribution in [3.8, 4) is 28.7 Å². The molecule has 0 aromatic heterocycles. The van der Waals surface area contributed by atoms with Crippen LogP contribution in [0, 0.1) is 0 Å². The van der Waals surface area contributed by atoms with Crippen molar-refractivity contribution in [3.05, 3.63) is 41.5 Å². The summed E-state index contributed by atoms with van der Waals surface area (Å²) in [6.07, 6.45) is 1.44. The third-order valence-electron chi connectivity index (χ3n) is 3.59. The van der Waals surface area contributed by atoms with Crippen molar-refractivity contribution in [2.75, 3.05) is 27.9 Å². The second kappa shape index (κ2) is 9.33. The molecule has 0 aliphatic rings. The number of nitrogens with one attached hydrogen (secondary N) is 1. The van der Waals surface area contributed by atoms with Gasteiger partial charge in [0.05, 0.1) is 34.2 Å². The summed E-state index contributed by atoms with van der Waals surface area (Å²) in [5.74, 6) is 1.06. The summed E-state index contributed by atoms with van der Waals surface area (Å²) < 4.78 is 21.0. The number of methoxy groups -OCH3 is 3. The van der Waals surface area contributed by atoms with E-state index in [1.807, 2.05) is 6.92 Å². The summed E-state index contributed by atoms with van der Waals surface area (Å²) in [5, 5.41) is 13.6. The fraction of sp³-hybridized carbons (Fsp3) is 0.263. The predicted molar refractivity (Wildman–Crippen MR) is 100 cm³/mol. The van der Waals surface area contributed by atoms with E-state index in [1.165, 1.54) is 45.7 Å². The van der Waals surface area contributed by atoms with E-state index in [9.17, 15) is 9.90 Å². The van der Waals surface area contributed by atoms with Gasteiger partial charge in [-0.25, -0.2) is 5.43 Å².